The van der Waals surface area contributed by atoms with Crippen LogP contribution in [0.5, 0.6) is 11.5 Å². The van der Waals surface area contributed by atoms with Gasteiger partial charge in [-0.05, 0) is 37.5 Å². The molecule has 52 heavy (non-hydrogen) atoms. The number of carboxylic acid groups (broad SMARTS) is 1. The number of carbonyl (C=O) groups is 5. The maximum atomic E-state index is 13.8. The fourth-order valence-corrected chi connectivity index (χ4v) is 7.51. The molecule has 6 N–H and O–H groups in total. The van der Waals surface area contributed by atoms with E-state index in [1.54, 1.807) is 32.0 Å². The molecule has 6 rings (SSSR count). The minimum absolute atomic E-state index is 0.00837. The minimum Gasteiger partial charge on any atom is -0.480 e. The number of pyridine rings is 2. The van der Waals surface area contributed by atoms with E-state index >= 15 is 0 Å². The Labute approximate surface area is 300 Å². The van der Waals surface area contributed by atoms with Crippen molar-refractivity contribution >= 4 is 52.4 Å². The quantitative estimate of drug-likeness (QED) is 0.110. The number of thioether (sulfide) groups is 1. The molecule has 0 aliphatic carbocycles. The number of benzene rings is 1. The summed E-state index contributed by atoms with van der Waals surface area (Å²) in [7, 11) is 0. The molecule has 2 aromatic heterocycles. The standard InChI is InChI=1S/C34H37N5O12S/c1-3-34(47)20-8-24-29-17(11-39(24)31(44)18(20)12-49-33(34)46)19(16-7-25-26(51-15-50-25)9-22(16)38-29)13-52-14-23(30(43)36-10-28(41)42)37-27(40)6-5-21(35)32(45)48-4-2/h7-9,21,23,47H,3-6,10-15,35H2,1-2H3,(H,36,43)(H,37,40)(H,41,42)/t21?,23?,34-/m0/s1. The first kappa shape index (κ1) is 36.6. The van der Waals surface area contributed by atoms with Gasteiger partial charge < -0.3 is 50.1 Å². The number of aliphatic hydroxyl groups is 1. The molecule has 17 nitrogen and oxygen atoms in total. The molecule has 3 aromatic rings. The number of carboxylic acids is 1. The highest BCUT2D eigenvalue weighted by atomic mass is 32.2. The Morgan fingerprint density at radius 3 is 2.58 bits per heavy atom. The molecule has 5 heterocycles. The molecule has 2 amide bonds. The van der Waals surface area contributed by atoms with Crippen LogP contribution in [0.2, 0.25) is 0 Å². The molecule has 276 valence electrons. The predicted octanol–water partition coefficient (Wildman–Crippen LogP) is 0.398. The molecule has 0 saturated carbocycles. The number of hydrogen-bond acceptors (Lipinski definition) is 14. The molecule has 2 unspecified atom stereocenters. The van der Waals surface area contributed by atoms with Gasteiger partial charge in [0, 0.05) is 40.5 Å². The molecule has 18 heteroatoms. The smallest absolute Gasteiger partial charge is 0.343 e. The van der Waals surface area contributed by atoms with Gasteiger partial charge in [0.2, 0.25) is 18.6 Å². The maximum Gasteiger partial charge on any atom is 0.343 e. The third kappa shape index (κ3) is 6.88. The highest BCUT2D eigenvalue weighted by molar-refractivity contribution is 7.98. The first-order valence-electron chi connectivity index (χ1n) is 16.6. The third-order valence-corrected chi connectivity index (χ3v) is 10.2. The van der Waals surface area contributed by atoms with Crippen LogP contribution in [-0.4, -0.2) is 87.3 Å². The van der Waals surface area contributed by atoms with Crippen molar-refractivity contribution in [2.45, 2.75) is 69.7 Å². The van der Waals surface area contributed by atoms with Crippen molar-refractivity contribution in [3.63, 3.8) is 0 Å². The van der Waals surface area contributed by atoms with Gasteiger partial charge >= 0.3 is 17.9 Å². The number of carbonyl (C=O) groups excluding carboxylic acids is 4. The number of cyclic esters (lactones) is 1. The lowest BCUT2D eigenvalue weighted by molar-refractivity contribution is -0.172. The van der Waals surface area contributed by atoms with E-state index in [4.69, 9.17) is 34.8 Å². The Balaban J connectivity index is 1.31. The molecule has 0 saturated heterocycles. The number of esters is 2. The first-order valence-corrected chi connectivity index (χ1v) is 17.7. The molecule has 3 aliphatic rings. The van der Waals surface area contributed by atoms with Crippen LogP contribution >= 0.6 is 11.8 Å². The Bertz CT molecular complexity index is 2050. The van der Waals surface area contributed by atoms with Gasteiger partial charge in [-0.1, -0.05) is 6.92 Å². The Kier molecular flexibility index (Phi) is 10.4. The van der Waals surface area contributed by atoms with E-state index in [1.807, 2.05) is 0 Å². The Hall–Kier alpha value is -5.20. The number of hydrogen-bond donors (Lipinski definition) is 5. The van der Waals surface area contributed by atoms with Crippen LogP contribution in [0, 0.1) is 0 Å². The second kappa shape index (κ2) is 14.8. The number of amides is 2. The molecule has 3 atom stereocenters. The molecule has 0 bridgehead atoms. The van der Waals surface area contributed by atoms with Crippen LogP contribution in [0.25, 0.3) is 22.3 Å². The van der Waals surface area contributed by atoms with Gasteiger partial charge in [-0.25, -0.2) is 9.78 Å². The zero-order valence-electron chi connectivity index (χ0n) is 28.3. The summed E-state index contributed by atoms with van der Waals surface area (Å²) in [6.45, 7) is 2.56. The molecular formula is C34H37N5O12S. The van der Waals surface area contributed by atoms with Crippen molar-refractivity contribution < 1.29 is 53.1 Å². The molecule has 0 fully saturated rings. The number of rotatable bonds is 14. The second-order valence-corrected chi connectivity index (χ2v) is 13.4. The first-order chi connectivity index (χ1) is 24.9. The van der Waals surface area contributed by atoms with E-state index in [0.29, 0.717) is 39.4 Å². The van der Waals surface area contributed by atoms with E-state index in [9.17, 15) is 33.9 Å². The van der Waals surface area contributed by atoms with Crippen molar-refractivity contribution in [1.82, 2.24) is 20.2 Å². The summed E-state index contributed by atoms with van der Waals surface area (Å²) in [6.07, 6.45) is -0.239. The Morgan fingerprint density at radius 2 is 1.87 bits per heavy atom. The lowest BCUT2D eigenvalue weighted by Gasteiger charge is -2.31. The molecule has 1 aromatic carbocycles. The normalized spacial score (nSPS) is 17.7. The topological polar surface area (TPSA) is 248 Å². The number of fused-ring (bicyclic) bond motifs is 6. The van der Waals surface area contributed by atoms with E-state index in [-0.39, 0.29) is 68.4 Å². The highest BCUT2D eigenvalue weighted by Crippen LogP contribution is 2.44. The van der Waals surface area contributed by atoms with Crippen LogP contribution in [0.1, 0.15) is 55.4 Å². The van der Waals surface area contributed by atoms with Crippen molar-refractivity contribution in [3.8, 4) is 22.9 Å². The summed E-state index contributed by atoms with van der Waals surface area (Å²) < 4.78 is 22.8. The molecular weight excluding hydrogens is 702 g/mol. The van der Waals surface area contributed by atoms with Crippen molar-refractivity contribution in [2.24, 2.45) is 5.73 Å². The van der Waals surface area contributed by atoms with Crippen molar-refractivity contribution in [1.29, 1.82) is 0 Å². The highest BCUT2D eigenvalue weighted by Gasteiger charge is 2.45. The van der Waals surface area contributed by atoms with Gasteiger partial charge in [0.15, 0.2) is 17.1 Å². The van der Waals surface area contributed by atoms with Crippen LogP contribution in [-0.2, 0) is 58.0 Å². The maximum absolute atomic E-state index is 13.8. The number of aromatic nitrogens is 2. The molecule has 0 spiro atoms. The van der Waals surface area contributed by atoms with Gasteiger partial charge in [-0.15, -0.1) is 0 Å². The van der Waals surface area contributed by atoms with Gasteiger partial charge in [0.25, 0.3) is 5.56 Å². The van der Waals surface area contributed by atoms with E-state index in [2.05, 4.69) is 10.6 Å². The van der Waals surface area contributed by atoms with Gasteiger partial charge in [-0.2, -0.15) is 11.8 Å². The largest absolute Gasteiger partial charge is 0.480 e. The summed E-state index contributed by atoms with van der Waals surface area (Å²) in [5.41, 5.74) is 6.56. The summed E-state index contributed by atoms with van der Waals surface area (Å²) in [6, 6.07) is 2.92. The van der Waals surface area contributed by atoms with Crippen LogP contribution in [0.15, 0.2) is 23.0 Å². The number of nitrogens with zero attached hydrogens (tertiary/aromatic N) is 2. The van der Waals surface area contributed by atoms with Gasteiger partial charge in [0.1, 0.15) is 25.2 Å². The fourth-order valence-electron chi connectivity index (χ4n) is 6.38. The predicted molar refractivity (Wildman–Crippen MR) is 183 cm³/mol. The van der Waals surface area contributed by atoms with Crippen molar-refractivity contribution in [2.75, 3.05) is 25.7 Å². The van der Waals surface area contributed by atoms with Gasteiger partial charge in [-0.3, -0.25) is 24.0 Å². The minimum atomic E-state index is -2.00. The van der Waals surface area contributed by atoms with E-state index in [0.717, 1.165) is 5.56 Å². The summed E-state index contributed by atoms with van der Waals surface area (Å²) in [5.74, 6) is -2.85. The van der Waals surface area contributed by atoms with Crippen LogP contribution in [0.3, 0.4) is 0 Å². The zero-order chi connectivity index (χ0) is 37.3. The lowest BCUT2D eigenvalue weighted by atomic mass is 9.86. The molecule has 0 radical (unpaired) electrons. The Morgan fingerprint density at radius 1 is 1.12 bits per heavy atom. The average molecular weight is 740 g/mol. The second-order valence-electron chi connectivity index (χ2n) is 12.4. The molecule has 3 aliphatic heterocycles. The zero-order valence-corrected chi connectivity index (χ0v) is 29.1. The SMILES string of the molecule is CCOC(=O)C(N)CCC(=O)NC(CSCc1c2c(nc3cc4c(cc13)OCO4)-c1cc3c(c(=O)n1C2)COC(=O)[C@]3(O)CC)C(=O)NCC(=O)O. The average Bonchev–Trinajstić information content (AvgIpc) is 3.74. The lowest BCUT2D eigenvalue weighted by Crippen LogP contribution is -2.49. The summed E-state index contributed by atoms with van der Waals surface area (Å²) >= 11 is 1.27. The number of nitrogens with two attached hydrogens (primary N) is 1. The van der Waals surface area contributed by atoms with Crippen LogP contribution < -0.4 is 31.4 Å². The van der Waals surface area contributed by atoms with Crippen molar-refractivity contribution in [3.05, 3.63) is 50.8 Å². The van der Waals surface area contributed by atoms with E-state index in [1.165, 1.54) is 16.3 Å². The monoisotopic (exact) mass is 739 g/mol. The summed E-state index contributed by atoms with van der Waals surface area (Å²) in [4.78, 5) is 80.4. The number of nitrogens with one attached hydrogen (secondary N) is 2. The summed E-state index contributed by atoms with van der Waals surface area (Å²) in [5, 5.41) is 26.0. The van der Waals surface area contributed by atoms with Crippen LogP contribution in [0.4, 0.5) is 0 Å². The van der Waals surface area contributed by atoms with E-state index < -0.39 is 59.5 Å². The number of ether oxygens (including phenoxy) is 4. The fraction of sp³-hybridized carbons (Fsp3) is 0.441. The number of aliphatic carboxylic acids is 1. The van der Waals surface area contributed by atoms with Gasteiger partial charge in [0.05, 0.1) is 35.6 Å². The third-order valence-electron chi connectivity index (χ3n) is 9.17.